The van der Waals surface area contributed by atoms with Crippen LogP contribution < -0.4 is 0 Å². The van der Waals surface area contributed by atoms with E-state index in [2.05, 4.69) is 67.7 Å². The van der Waals surface area contributed by atoms with Crippen LogP contribution in [0.3, 0.4) is 0 Å². The first kappa shape index (κ1) is 18.8. The lowest BCUT2D eigenvalue weighted by Crippen LogP contribution is -2.36. The molecule has 0 radical (unpaired) electrons. The van der Waals surface area contributed by atoms with Gasteiger partial charge in [-0.05, 0) is 53.8 Å². The molecule has 3 heteroatoms. The largest absolute Gasteiger partial charge is 0.446 e. The van der Waals surface area contributed by atoms with Gasteiger partial charge >= 0.3 is 5.97 Å². The SMILES string of the molecule is C=C(C)C(=O)OC1(CCCCS)c2ccccc2-c2cccc3cccc1c23. The third kappa shape index (κ3) is 2.94. The van der Waals surface area contributed by atoms with Gasteiger partial charge in [-0.3, -0.25) is 0 Å². The van der Waals surface area contributed by atoms with Gasteiger partial charge in [-0.1, -0.05) is 67.2 Å². The van der Waals surface area contributed by atoms with Gasteiger partial charge in [0.15, 0.2) is 5.60 Å². The topological polar surface area (TPSA) is 26.3 Å². The molecule has 0 spiro atoms. The van der Waals surface area contributed by atoms with Crippen molar-refractivity contribution in [3.8, 4) is 11.1 Å². The van der Waals surface area contributed by atoms with Crippen molar-refractivity contribution in [1.82, 2.24) is 0 Å². The van der Waals surface area contributed by atoms with Gasteiger partial charge in [0, 0.05) is 16.7 Å². The lowest BCUT2D eigenvalue weighted by molar-refractivity contribution is -0.152. The molecule has 1 aliphatic rings. The molecule has 28 heavy (non-hydrogen) atoms. The second-order valence-electron chi connectivity index (χ2n) is 7.43. The Bertz CT molecular complexity index is 1060. The molecule has 0 amide bonds. The maximum Gasteiger partial charge on any atom is 0.334 e. The first-order valence-corrected chi connectivity index (χ1v) is 10.3. The lowest BCUT2D eigenvalue weighted by Gasteiger charge is -2.40. The fourth-order valence-corrected chi connectivity index (χ4v) is 4.50. The molecule has 3 aromatic rings. The van der Waals surface area contributed by atoms with Crippen molar-refractivity contribution in [2.75, 3.05) is 5.75 Å². The van der Waals surface area contributed by atoms with Crippen molar-refractivity contribution in [3.63, 3.8) is 0 Å². The Morgan fingerprint density at radius 1 is 0.964 bits per heavy atom. The van der Waals surface area contributed by atoms with E-state index in [4.69, 9.17) is 4.74 Å². The van der Waals surface area contributed by atoms with E-state index < -0.39 is 5.60 Å². The summed E-state index contributed by atoms with van der Waals surface area (Å²) in [6.45, 7) is 5.51. The van der Waals surface area contributed by atoms with E-state index in [0.29, 0.717) is 5.57 Å². The van der Waals surface area contributed by atoms with Crippen molar-refractivity contribution < 1.29 is 9.53 Å². The fourth-order valence-electron chi connectivity index (χ4n) is 4.28. The van der Waals surface area contributed by atoms with Crippen LogP contribution >= 0.6 is 12.6 Å². The molecule has 1 atom stereocenters. The van der Waals surface area contributed by atoms with Crippen LogP contribution in [0.2, 0.25) is 0 Å². The zero-order valence-electron chi connectivity index (χ0n) is 16.1. The summed E-state index contributed by atoms with van der Waals surface area (Å²) in [5.74, 6) is 0.463. The standard InChI is InChI=1S/C25H24O2S/c1-17(2)24(26)27-25(15-5-6-16-28)21-13-4-3-11-19(21)20-12-7-9-18-10-8-14-22(25)23(18)20/h3-4,7-14,28H,1,5-6,15-16H2,2H3. The summed E-state index contributed by atoms with van der Waals surface area (Å²) in [4.78, 5) is 12.8. The second kappa shape index (κ2) is 7.48. The van der Waals surface area contributed by atoms with Crippen molar-refractivity contribution in [2.24, 2.45) is 0 Å². The van der Waals surface area contributed by atoms with E-state index in [0.717, 1.165) is 47.1 Å². The Kier molecular flexibility index (Phi) is 5.03. The monoisotopic (exact) mass is 388 g/mol. The molecule has 0 saturated carbocycles. The van der Waals surface area contributed by atoms with Crippen LogP contribution in [-0.4, -0.2) is 11.7 Å². The lowest BCUT2D eigenvalue weighted by atomic mass is 9.71. The van der Waals surface area contributed by atoms with Gasteiger partial charge in [0.25, 0.3) is 0 Å². The van der Waals surface area contributed by atoms with Crippen LogP contribution in [0.25, 0.3) is 21.9 Å². The van der Waals surface area contributed by atoms with Crippen molar-refractivity contribution in [3.05, 3.63) is 83.9 Å². The molecule has 0 aliphatic heterocycles. The summed E-state index contributed by atoms with van der Waals surface area (Å²) in [5, 5.41) is 2.33. The minimum absolute atomic E-state index is 0.350. The number of rotatable bonds is 6. The Balaban J connectivity index is 2.04. The molecule has 0 N–H and O–H groups in total. The van der Waals surface area contributed by atoms with Crippen molar-refractivity contribution >= 4 is 29.4 Å². The average Bonchev–Trinajstić information content (AvgIpc) is 2.71. The summed E-state index contributed by atoms with van der Waals surface area (Å²) in [6.07, 6.45) is 2.60. The number of hydrogen-bond acceptors (Lipinski definition) is 3. The number of carbonyl (C=O) groups is 1. The summed E-state index contributed by atoms with van der Waals surface area (Å²) in [7, 11) is 0. The van der Waals surface area contributed by atoms with E-state index in [-0.39, 0.29) is 5.97 Å². The fraction of sp³-hybridized carbons (Fsp3) is 0.240. The zero-order chi connectivity index (χ0) is 19.7. The van der Waals surface area contributed by atoms with E-state index >= 15 is 0 Å². The summed E-state index contributed by atoms with van der Waals surface area (Å²) >= 11 is 4.37. The predicted octanol–water partition coefficient (Wildman–Crippen LogP) is 6.28. The van der Waals surface area contributed by atoms with Gasteiger partial charge < -0.3 is 4.74 Å². The van der Waals surface area contributed by atoms with E-state index in [9.17, 15) is 4.79 Å². The average molecular weight is 389 g/mol. The Morgan fingerprint density at radius 2 is 1.64 bits per heavy atom. The smallest absolute Gasteiger partial charge is 0.334 e. The molecule has 0 saturated heterocycles. The number of unbranched alkanes of at least 4 members (excludes halogenated alkanes) is 1. The number of benzene rings is 3. The number of carbonyl (C=O) groups excluding carboxylic acids is 1. The van der Waals surface area contributed by atoms with Crippen molar-refractivity contribution in [2.45, 2.75) is 31.8 Å². The Hall–Kier alpha value is -2.52. The number of fused-ring (bicyclic) bond motifs is 2. The van der Waals surface area contributed by atoms with Gasteiger partial charge in [0.2, 0.25) is 0 Å². The van der Waals surface area contributed by atoms with Gasteiger partial charge in [0.1, 0.15) is 0 Å². The first-order valence-electron chi connectivity index (χ1n) is 9.70. The molecule has 2 nitrogen and oxygen atoms in total. The Morgan fingerprint density at radius 3 is 2.39 bits per heavy atom. The predicted molar refractivity (Wildman–Crippen MR) is 119 cm³/mol. The molecule has 0 heterocycles. The molecular formula is C25H24O2S. The normalized spacial score (nSPS) is 17.2. The van der Waals surface area contributed by atoms with E-state index in [1.807, 2.05) is 12.1 Å². The highest BCUT2D eigenvalue weighted by atomic mass is 32.1. The van der Waals surface area contributed by atoms with E-state index in [1.54, 1.807) is 6.92 Å². The van der Waals surface area contributed by atoms with Crippen LogP contribution in [-0.2, 0) is 15.1 Å². The molecule has 0 fully saturated rings. The van der Waals surface area contributed by atoms with Gasteiger partial charge in [-0.25, -0.2) is 4.79 Å². The molecule has 1 aliphatic carbocycles. The Labute approximate surface area is 171 Å². The number of thiol groups is 1. The molecule has 0 bridgehead atoms. The highest BCUT2D eigenvalue weighted by Gasteiger charge is 2.44. The third-order valence-corrected chi connectivity index (χ3v) is 5.86. The van der Waals surface area contributed by atoms with Crippen LogP contribution in [0.5, 0.6) is 0 Å². The quantitative estimate of drug-likeness (QED) is 0.233. The molecule has 4 rings (SSSR count). The second-order valence-corrected chi connectivity index (χ2v) is 7.88. The van der Waals surface area contributed by atoms with Crippen LogP contribution in [0.1, 0.15) is 37.3 Å². The van der Waals surface area contributed by atoms with Crippen molar-refractivity contribution in [1.29, 1.82) is 0 Å². The van der Waals surface area contributed by atoms with Gasteiger partial charge in [0.05, 0.1) is 0 Å². The van der Waals surface area contributed by atoms with Gasteiger partial charge in [-0.2, -0.15) is 12.6 Å². The highest BCUT2D eigenvalue weighted by molar-refractivity contribution is 7.80. The maximum absolute atomic E-state index is 12.8. The van der Waals surface area contributed by atoms with Crippen LogP contribution in [0.4, 0.5) is 0 Å². The van der Waals surface area contributed by atoms with Crippen LogP contribution in [0.15, 0.2) is 72.8 Å². The number of ether oxygens (including phenoxy) is 1. The summed E-state index contributed by atoms with van der Waals surface area (Å²) < 4.78 is 6.30. The highest BCUT2D eigenvalue weighted by Crippen LogP contribution is 2.51. The first-order chi connectivity index (χ1) is 13.6. The number of esters is 1. The minimum Gasteiger partial charge on any atom is -0.446 e. The van der Waals surface area contributed by atoms with Crippen LogP contribution in [0, 0.1) is 0 Å². The summed E-state index contributed by atoms with van der Waals surface area (Å²) in [5.41, 5.74) is 4.04. The molecule has 3 aromatic carbocycles. The summed E-state index contributed by atoms with van der Waals surface area (Å²) in [6, 6.07) is 20.9. The zero-order valence-corrected chi connectivity index (χ0v) is 17.0. The number of hydrogen-bond donors (Lipinski definition) is 1. The maximum atomic E-state index is 12.8. The molecule has 142 valence electrons. The molecule has 0 aromatic heterocycles. The minimum atomic E-state index is -0.816. The van der Waals surface area contributed by atoms with Gasteiger partial charge in [-0.15, -0.1) is 0 Å². The molecule has 1 unspecified atom stereocenters. The molecular weight excluding hydrogens is 364 g/mol. The third-order valence-electron chi connectivity index (χ3n) is 5.54. The van der Waals surface area contributed by atoms with E-state index in [1.165, 1.54) is 10.9 Å².